The van der Waals surface area contributed by atoms with E-state index in [4.69, 9.17) is 10.6 Å². The maximum absolute atomic E-state index is 13.2. The van der Waals surface area contributed by atoms with Gasteiger partial charge in [0.2, 0.25) is 5.82 Å². The van der Waals surface area contributed by atoms with Crippen molar-refractivity contribution < 1.29 is 28.8 Å². The van der Waals surface area contributed by atoms with Crippen molar-refractivity contribution in [3.05, 3.63) is 28.2 Å². The van der Waals surface area contributed by atoms with E-state index < -0.39 is 29.2 Å². The SMILES string of the molecule is Nc1nc(/C(=N/OCc2nn[nH]n2)C(=O)N[C@@H]2C(=O)N3C(C(=O)[O-])=C(C[N+]45CCCC4CCC5)CS[C@H]23)cs1. The average molecular weight is 575 g/mol. The number of tetrazole rings is 1. The third-order valence-corrected chi connectivity index (χ3v) is 9.82. The second kappa shape index (κ2) is 10.2. The Morgan fingerprint density at radius 2 is 2.13 bits per heavy atom. The summed E-state index contributed by atoms with van der Waals surface area (Å²) < 4.78 is 0.903. The summed E-state index contributed by atoms with van der Waals surface area (Å²) in [5.74, 6) is -1.92. The molecule has 0 aliphatic carbocycles. The molecule has 0 radical (unpaired) electrons. The van der Waals surface area contributed by atoms with Gasteiger partial charge in [0, 0.05) is 42.4 Å². The van der Waals surface area contributed by atoms with Gasteiger partial charge in [0.25, 0.3) is 11.8 Å². The van der Waals surface area contributed by atoms with Gasteiger partial charge in [0.1, 0.15) is 23.7 Å². The predicted octanol–water partition coefficient (Wildman–Crippen LogP) is -1.66. The number of nitrogens with one attached hydrogen (secondary N) is 2. The summed E-state index contributed by atoms with van der Waals surface area (Å²) in [5, 5.41) is 33.2. The molecule has 39 heavy (non-hydrogen) atoms. The van der Waals surface area contributed by atoms with E-state index in [2.05, 4.69) is 36.1 Å². The largest absolute Gasteiger partial charge is 0.543 e. The van der Waals surface area contributed by atoms with Crippen LogP contribution in [0.2, 0.25) is 0 Å². The Kier molecular flexibility index (Phi) is 6.72. The Morgan fingerprint density at radius 3 is 2.79 bits per heavy atom. The molecule has 6 heterocycles. The molecular formula is C22H26N10O5S2. The third kappa shape index (κ3) is 4.63. The molecule has 0 spiro atoms. The van der Waals surface area contributed by atoms with Crippen molar-refractivity contribution >= 4 is 51.7 Å². The second-order valence-corrected chi connectivity index (χ2v) is 12.0. The lowest BCUT2D eigenvalue weighted by Crippen LogP contribution is -2.72. The highest BCUT2D eigenvalue weighted by Gasteiger charge is 2.55. The fourth-order valence-corrected chi connectivity index (χ4v) is 8.00. The first-order valence-corrected chi connectivity index (χ1v) is 14.5. The van der Waals surface area contributed by atoms with Crippen LogP contribution in [0.3, 0.4) is 0 Å². The van der Waals surface area contributed by atoms with Crippen LogP contribution in [-0.4, -0.2) is 101 Å². The van der Waals surface area contributed by atoms with Crippen molar-refractivity contribution in [3.63, 3.8) is 0 Å². The van der Waals surface area contributed by atoms with Crippen LogP contribution in [0.25, 0.3) is 0 Å². The quantitative estimate of drug-likeness (QED) is 0.134. The van der Waals surface area contributed by atoms with Crippen molar-refractivity contribution in [3.8, 4) is 0 Å². The Balaban J connectivity index is 1.19. The Labute approximate surface area is 230 Å². The van der Waals surface area contributed by atoms with Gasteiger partial charge in [-0.3, -0.25) is 14.5 Å². The number of carbonyl (C=O) groups excluding carboxylic acids is 3. The molecule has 0 aromatic carbocycles. The summed E-state index contributed by atoms with van der Waals surface area (Å²) in [5.41, 5.74) is 6.39. The zero-order chi connectivity index (χ0) is 27.1. The lowest BCUT2D eigenvalue weighted by molar-refractivity contribution is -0.922. The minimum absolute atomic E-state index is 0.0519. The van der Waals surface area contributed by atoms with E-state index in [9.17, 15) is 19.5 Å². The summed E-state index contributed by atoms with van der Waals surface area (Å²) in [7, 11) is 0. The molecule has 4 aliphatic heterocycles. The summed E-state index contributed by atoms with van der Waals surface area (Å²) in [6.45, 7) is 2.53. The number of hydrogen-bond acceptors (Lipinski definition) is 13. The van der Waals surface area contributed by atoms with Gasteiger partial charge >= 0.3 is 0 Å². The molecule has 6 rings (SSSR count). The first-order chi connectivity index (χ1) is 18.9. The zero-order valence-corrected chi connectivity index (χ0v) is 22.4. The smallest absolute Gasteiger partial charge is 0.276 e. The summed E-state index contributed by atoms with van der Waals surface area (Å²) in [4.78, 5) is 49.3. The molecule has 3 fully saturated rings. The van der Waals surface area contributed by atoms with Crippen LogP contribution in [-0.2, 0) is 25.8 Å². The molecule has 4 aliphatic rings. The van der Waals surface area contributed by atoms with Crippen LogP contribution in [0.4, 0.5) is 5.13 Å². The van der Waals surface area contributed by atoms with E-state index in [1.54, 1.807) is 0 Å². The number of anilines is 1. The number of H-pyrrole nitrogens is 1. The molecule has 15 nitrogen and oxygen atoms in total. The van der Waals surface area contributed by atoms with Gasteiger partial charge in [-0.15, -0.1) is 33.3 Å². The van der Waals surface area contributed by atoms with E-state index in [1.807, 2.05) is 0 Å². The first kappa shape index (κ1) is 25.7. The Hall–Kier alpha value is -3.57. The maximum Gasteiger partial charge on any atom is 0.276 e. The molecule has 2 aromatic heterocycles. The highest BCUT2D eigenvalue weighted by molar-refractivity contribution is 8.00. The predicted molar refractivity (Wildman–Crippen MR) is 136 cm³/mol. The van der Waals surface area contributed by atoms with Gasteiger partial charge in [-0.25, -0.2) is 4.98 Å². The van der Waals surface area contributed by atoms with E-state index >= 15 is 0 Å². The zero-order valence-electron chi connectivity index (χ0n) is 20.7. The minimum atomic E-state index is -1.36. The number of rotatable bonds is 9. The van der Waals surface area contributed by atoms with Gasteiger partial charge in [-0.2, -0.15) is 5.21 Å². The lowest BCUT2D eigenvalue weighted by atomic mass is 10.0. The number of nitrogen functional groups attached to an aromatic ring is 1. The van der Waals surface area contributed by atoms with Crippen LogP contribution >= 0.6 is 23.1 Å². The van der Waals surface area contributed by atoms with Crippen LogP contribution in [0.5, 0.6) is 0 Å². The number of β-lactam (4-membered cyclic amide) rings is 1. The van der Waals surface area contributed by atoms with Gasteiger partial charge in [0.15, 0.2) is 17.5 Å². The van der Waals surface area contributed by atoms with Crippen LogP contribution in [0.15, 0.2) is 21.8 Å². The molecular weight excluding hydrogens is 548 g/mol. The summed E-state index contributed by atoms with van der Waals surface area (Å²) in [6, 6.07) is -0.391. The number of carboxylic acid groups (broad SMARTS) is 1. The minimum Gasteiger partial charge on any atom is -0.543 e. The van der Waals surface area contributed by atoms with E-state index in [0.29, 0.717) is 18.3 Å². The molecule has 2 aromatic rings. The number of nitrogens with zero attached hydrogens (tertiary/aromatic N) is 7. The summed E-state index contributed by atoms with van der Waals surface area (Å²) >= 11 is 2.55. The normalized spacial score (nSPS) is 28.2. The van der Waals surface area contributed by atoms with E-state index in [-0.39, 0.29) is 34.7 Å². The number of quaternary nitrogens is 1. The average Bonchev–Trinajstić information content (AvgIpc) is 3.70. The number of amides is 2. The molecule has 0 unspecified atom stereocenters. The van der Waals surface area contributed by atoms with Crippen LogP contribution in [0, 0.1) is 0 Å². The topological polar surface area (TPSA) is 204 Å². The molecule has 3 saturated heterocycles. The molecule has 2 atom stereocenters. The Bertz CT molecular complexity index is 1350. The number of oxime groups is 1. The second-order valence-electron chi connectivity index (χ2n) is 9.98. The Morgan fingerprint density at radius 1 is 1.33 bits per heavy atom. The monoisotopic (exact) mass is 574 g/mol. The highest BCUT2D eigenvalue weighted by atomic mass is 32.2. The number of thioether (sulfide) groups is 1. The van der Waals surface area contributed by atoms with Crippen molar-refractivity contribution in [2.75, 3.05) is 31.1 Å². The van der Waals surface area contributed by atoms with Crippen LogP contribution in [0.1, 0.15) is 37.2 Å². The van der Waals surface area contributed by atoms with E-state index in [1.165, 1.54) is 22.0 Å². The third-order valence-electron chi connectivity index (χ3n) is 7.81. The number of thiazole rings is 1. The fourth-order valence-electron chi connectivity index (χ4n) is 6.12. The van der Waals surface area contributed by atoms with Crippen molar-refractivity contribution in [1.29, 1.82) is 0 Å². The molecule has 17 heteroatoms. The summed E-state index contributed by atoms with van der Waals surface area (Å²) in [6.07, 6.45) is 4.60. The number of aromatic amines is 1. The van der Waals surface area contributed by atoms with E-state index in [0.717, 1.165) is 60.2 Å². The molecule has 2 amide bonds. The highest BCUT2D eigenvalue weighted by Crippen LogP contribution is 2.43. The number of carboxylic acids is 1. The number of carbonyl (C=O) groups is 3. The number of hydrogen-bond donors (Lipinski definition) is 3. The lowest BCUT2D eigenvalue weighted by Gasteiger charge is -2.51. The first-order valence-electron chi connectivity index (χ1n) is 12.5. The molecule has 206 valence electrons. The number of aromatic nitrogens is 5. The maximum atomic E-state index is 13.2. The van der Waals surface area contributed by atoms with Gasteiger partial charge in [-0.05, 0) is 0 Å². The van der Waals surface area contributed by atoms with Gasteiger partial charge < -0.3 is 30.3 Å². The van der Waals surface area contributed by atoms with Gasteiger partial charge in [0.05, 0.1) is 30.8 Å². The van der Waals surface area contributed by atoms with Gasteiger partial charge in [-0.1, -0.05) is 10.4 Å². The number of fused-ring (bicyclic) bond motifs is 2. The van der Waals surface area contributed by atoms with Crippen LogP contribution < -0.4 is 16.2 Å². The standard InChI is InChI=1S/C22H26N10O5S2/c23-22-24-13(10-39-22)15(28-37-8-14-26-29-30-27-14)18(33)25-16-19(34)31-17(21(35)36)11(9-38-20(16)31)7-32-5-1-3-12(32)4-2-6-32/h10,12,16,20H,1-9H2,(H4-,23,24,25,26,27,29,30,33,35,36)/b28-15-/t12?,16-,20-,32?/m1/s1. The fraction of sp³-hybridized carbons (Fsp3) is 0.545. The van der Waals surface area contributed by atoms with Crippen molar-refractivity contribution in [2.24, 2.45) is 5.16 Å². The molecule has 0 bridgehead atoms. The number of nitrogens with two attached hydrogens (primary N) is 1. The number of aliphatic carboxylic acids is 1. The molecule has 0 saturated carbocycles. The van der Waals surface area contributed by atoms with Crippen molar-refractivity contribution in [2.45, 2.75) is 49.7 Å². The molecule has 4 N–H and O–H groups in total. The van der Waals surface area contributed by atoms with Crippen molar-refractivity contribution in [1.82, 2.24) is 35.8 Å².